The summed E-state index contributed by atoms with van der Waals surface area (Å²) in [5.74, 6) is 5.91. The smallest absolute Gasteiger partial charge is 0.123 e. The van der Waals surface area contributed by atoms with Crippen molar-refractivity contribution in [2.45, 2.75) is 0 Å². The Morgan fingerprint density at radius 1 is 0.556 bits per heavy atom. The van der Waals surface area contributed by atoms with Crippen LogP contribution in [0.1, 0.15) is 11.1 Å². The largest absolute Gasteiger partial charge is 0.256 e. The zero-order valence-electron chi connectivity index (χ0n) is 14.6. The summed E-state index contributed by atoms with van der Waals surface area (Å²) >= 11 is 0. The van der Waals surface area contributed by atoms with Gasteiger partial charge in [-0.2, -0.15) is 0 Å². The van der Waals surface area contributed by atoms with Crippen LogP contribution in [0.2, 0.25) is 0 Å². The van der Waals surface area contributed by atoms with Gasteiger partial charge in [-0.3, -0.25) is 4.98 Å². The molecular weight excluding hydrogens is 333 g/mol. The second-order valence-corrected chi connectivity index (χ2v) is 6.13. The molecule has 0 bridgehead atoms. The number of rotatable bonds is 2. The molecule has 1 heterocycles. The fraction of sp³-hybridized carbons (Fsp3) is 0. The molecule has 0 amide bonds. The second-order valence-electron chi connectivity index (χ2n) is 6.13. The van der Waals surface area contributed by atoms with E-state index in [1.54, 1.807) is 18.3 Å². The maximum atomic E-state index is 12.9. The van der Waals surface area contributed by atoms with Gasteiger partial charge in [-0.25, -0.2) is 4.39 Å². The molecule has 27 heavy (non-hydrogen) atoms. The lowest BCUT2D eigenvalue weighted by molar-refractivity contribution is 0.627. The third-order valence-electron chi connectivity index (χ3n) is 4.26. The summed E-state index contributed by atoms with van der Waals surface area (Å²) in [4.78, 5) is 4.38. The summed E-state index contributed by atoms with van der Waals surface area (Å²) < 4.78 is 12.9. The van der Waals surface area contributed by atoms with E-state index < -0.39 is 0 Å². The average Bonchev–Trinajstić information content (AvgIpc) is 2.75. The topological polar surface area (TPSA) is 12.9 Å². The number of hydrogen-bond donors (Lipinski definition) is 0. The van der Waals surface area contributed by atoms with E-state index in [2.05, 4.69) is 53.2 Å². The molecule has 0 radical (unpaired) electrons. The van der Waals surface area contributed by atoms with E-state index in [0.717, 1.165) is 33.5 Å². The van der Waals surface area contributed by atoms with E-state index in [9.17, 15) is 4.39 Å². The van der Waals surface area contributed by atoms with Crippen LogP contribution in [0.15, 0.2) is 97.2 Å². The summed E-state index contributed by atoms with van der Waals surface area (Å²) in [6.07, 6.45) is 1.80. The Bertz CT molecular complexity index is 1090. The van der Waals surface area contributed by atoms with Crippen LogP contribution in [0.5, 0.6) is 0 Å². The first-order chi connectivity index (χ1) is 13.3. The zero-order valence-corrected chi connectivity index (χ0v) is 14.6. The van der Waals surface area contributed by atoms with E-state index >= 15 is 0 Å². The SMILES string of the molecule is Fc1ccc(C#Cc2ccc(-c3ccc(-c4ccccn4)cc3)cc2)cc1. The Hall–Kier alpha value is -3.70. The highest BCUT2D eigenvalue weighted by atomic mass is 19.1. The normalized spacial score (nSPS) is 10.1. The standard InChI is InChI=1S/C25H16FN/c26-24-16-8-20(9-17-24)5-4-19-6-10-21(11-7-19)22-12-14-23(15-13-22)25-3-1-2-18-27-25/h1-3,6-18H. The molecule has 1 aromatic heterocycles. The Morgan fingerprint density at radius 3 is 1.63 bits per heavy atom. The molecule has 2 heteroatoms. The van der Waals surface area contributed by atoms with Crippen LogP contribution in [-0.4, -0.2) is 4.98 Å². The van der Waals surface area contributed by atoms with E-state index in [4.69, 9.17) is 0 Å². The maximum absolute atomic E-state index is 12.9. The van der Waals surface area contributed by atoms with Gasteiger partial charge in [-0.15, -0.1) is 0 Å². The minimum absolute atomic E-state index is 0.251. The predicted octanol–water partition coefficient (Wildman–Crippen LogP) is 5.95. The van der Waals surface area contributed by atoms with Crippen molar-refractivity contribution in [2.24, 2.45) is 0 Å². The van der Waals surface area contributed by atoms with Crippen LogP contribution < -0.4 is 0 Å². The third kappa shape index (κ3) is 4.11. The van der Waals surface area contributed by atoms with Gasteiger partial charge in [0.25, 0.3) is 0 Å². The van der Waals surface area contributed by atoms with Crippen molar-refractivity contribution in [3.8, 4) is 34.2 Å². The molecule has 0 aliphatic heterocycles. The molecule has 1 nitrogen and oxygen atoms in total. The van der Waals surface area contributed by atoms with Gasteiger partial charge in [-0.05, 0) is 59.7 Å². The molecule has 0 atom stereocenters. The van der Waals surface area contributed by atoms with Crippen molar-refractivity contribution in [1.29, 1.82) is 0 Å². The zero-order chi connectivity index (χ0) is 18.5. The second kappa shape index (κ2) is 7.68. The summed E-state index contributed by atoms with van der Waals surface area (Å²) in [5.41, 5.74) is 6.07. The van der Waals surface area contributed by atoms with Crippen LogP contribution in [0.4, 0.5) is 4.39 Å². The number of aromatic nitrogens is 1. The quantitative estimate of drug-likeness (QED) is 0.407. The van der Waals surface area contributed by atoms with Gasteiger partial charge in [0.2, 0.25) is 0 Å². The molecule has 3 aromatic carbocycles. The Labute approximate surface area is 158 Å². The van der Waals surface area contributed by atoms with E-state index in [-0.39, 0.29) is 5.82 Å². The van der Waals surface area contributed by atoms with Crippen LogP contribution in [0.3, 0.4) is 0 Å². The number of benzene rings is 3. The number of pyridine rings is 1. The molecule has 0 aliphatic rings. The first kappa shape index (κ1) is 16.8. The van der Waals surface area contributed by atoms with Gasteiger partial charge in [0.1, 0.15) is 5.82 Å². The van der Waals surface area contributed by atoms with Gasteiger partial charge in [0.05, 0.1) is 5.69 Å². The molecule has 4 rings (SSSR count). The van der Waals surface area contributed by atoms with Crippen LogP contribution in [-0.2, 0) is 0 Å². The Morgan fingerprint density at radius 2 is 1.07 bits per heavy atom. The molecular formula is C25H16FN. The van der Waals surface area contributed by atoms with Gasteiger partial charge in [0, 0.05) is 22.9 Å². The third-order valence-corrected chi connectivity index (χ3v) is 4.26. The van der Waals surface area contributed by atoms with Crippen LogP contribution >= 0.6 is 0 Å². The highest BCUT2D eigenvalue weighted by Gasteiger charge is 2.01. The van der Waals surface area contributed by atoms with E-state index in [0.29, 0.717) is 0 Å². The Balaban J connectivity index is 1.51. The number of halogens is 1. The summed E-state index contributed by atoms with van der Waals surface area (Å²) in [5, 5.41) is 0. The van der Waals surface area contributed by atoms with Crippen LogP contribution in [0, 0.1) is 17.7 Å². The lowest BCUT2D eigenvalue weighted by Gasteiger charge is -2.04. The first-order valence-corrected chi connectivity index (χ1v) is 8.67. The van der Waals surface area contributed by atoms with Crippen molar-refractivity contribution < 1.29 is 4.39 Å². The minimum Gasteiger partial charge on any atom is -0.256 e. The summed E-state index contributed by atoms with van der Waals surface area (Å²) in [7, 11) is 0. The lowest BCUT2D eigenvalue weighted by Crippen LogP contribution is -1.83. The number of hydrogen-bond acceptors (Lipinski definition) is 1. The van der Waals surface area contributed by atoms with Gasteiger partial charge < -0.3 is 0 Å². The predicted molar refractivity (Wildman–Crippen MR) is 107 cm³/mol. The van der Waals surface area contributed by atoms with Crippen molar-refractivity contribution in [2.75, 3.05) is 0 Å². The molecule has 0 saturated carbocycles. The minimum atomic E-state index is -0.251. The maximum Gasteiger partial charge on any atom is 0.123 e. The Kier molecular flexibility index (Phi) is 4.76. The van der Waals surface area contributed by atoms with E-state index in [1.807, 2.05) is 30.3 Å². The monoisotopic (exact) mass is 349 g/mol. The molecule has 128 valence electrons. The van der Waals surface area contributed by atoms with Crippen molar-refractivity contribution in [1.82, 2.24) is 4.98 Å². The molecule has 4 aromatic rings. The first-order valence-electron chi connectivity index (χ1n) is 8.67. The summed E-state index contributed by atoms with van der Waals surface area (Å²) in [6.45, 7) is 0. The fourth-order valence-electron chi connectivity index (χ4n) is 2.79. The van der Waals surface area contributed by atoms with Crippen molar-refractivity contribution in [3.05, 3.63) is 114 Å². The molecule has 0 fully saturated rings. The number of nitrogens with zero attached hydrogens (tertiary/aromatic N) is 1. The van der Waals surface area contributed by atoms with Gasteiger partial charge >= 0.3 is 0 Å². The summed E-state index contributed by atoms with van der Waals surface area (Å²) in [6, 6.07) is 28.6. The fourth-order valence-corrected chi connectivity index (χ4v) is 2.79. The molecule has 0 aliphatic carbocycles. The van der Waals surface area contributed by atoms with Crippen LogP contribution in [0.25, 0.3) is 22.4 Å². The van der Waals surface area contributed by atoms with Crippen molar-refractivity contribution >= 4 is 0 Å². The lowest BCUT2D eigenvalue weighted by atomic mass is 10.0. The molecule has 0 spiro atoms. The highest BCUT2D eigenvalue weighted by Crippen LogP contribution is 2.24. The molecule has 0 unspecified atom stereocenters. The molecule has 0 N–H and O–H groups in total. The van der Waals surface area contributed by atoms with Gasteiger partial charge in [-0.1, -0.05) is 54.3 Å². The van der Waals surface area contributed by atoms with Crippen molar-refractivity contribution in [3.63, 3.8) is 0 Å². The highest BCUT2D eigenvalue weighted by molar-refractivity contribution is 5.69. The van der Waals surface area contributed by atoms with E-state index in [1.165, 1.54) is 12.1 Å². The molecule has 0 saturated heterocycles. The van der Waals surface area contributed by atoms with Gasteiger partial charge in [0.15, 0.2) is 0 Å². The average molecular weight is 349 g/mol.